The molecular weight excluding hydrogens is 238 g/mol. The summed E-state index contributed by atoms with van der Waals surface area (Å²) in [6, 6.07) is 0. The van der Waals surface area contributed by atoms with Crippen molar-refractivity contribution in [2.24, 2.45) is 5.92 Å². The first kappa shape index (κ1) is 12.3. The van der Waals surface area contributed by atoms with E-state index in [9.17, 15) is 14.4 Å². The summed E-state index contributed by atoms with van der Waals surface area (Å²) < 4.78 is 9.30. The van der Waals surface area contributed by atoms with Crippen LogP contribution < -0.4 is 5.32 Å². The molecule has 0 aromatic rings. The molecular formula is C12H13NO5. The number of rotatable bonds is 2. The van der Waals surface area contributed by atoms with Gasteiger partial charge in [-0.1, -0.05) is 6.08 Å². The molecule has 1 N–H and O–H groups in total. The number of hydrogen-bond acceptors (Lipinski definition) is 5. The third-order valence-corrected chi connectivity index (χ3v) is 3.34. The van der Waals surface area contributed by atoms with Gasteiger partial charge in [0.2, 0.25) is 5.91 Å². The zero-order valence-electron chi connectivity index (χ0n) is 10.3. The highest BCUT2D eigenvalue weighted by atomic mass is 16.5. The minimum absolute atomic E-state index is 0.152. The van der Waals surface area contributed by atoms with Gasteiger partial charge in [0.15, 0.2) is 0 Å². The summed E-state index contributed by atoms with van der Waals surface area (Å²) in [6.07, 6.45) is 2.93. The molecule has 1 aliphatic heterocycles. The Balaban J connectivity index is 2.52. The maximum absolute atomic E-state index is 11.7. The topological polar surface area (TPSA) is 81.7 Å². The van der Waals surface area contributed by atoms with E-state index in [1.54, 1.807) is 13.0 Å². The average Bonchev–Trinajstić information content (AvgIpc) is 2.33. The first-order chi connectivity index (χ1) is 8.45. The predicted molar refractivity (Wildman–Crippen MR) is 60.2 cm³/mol. The lowest BCUT2D eigenvalue weighted by Crippen LogP contribution is -2.63. The van der Waals surface area contributed by atoms with Gasteiger partial charge >= 0.3 is 11.9 Å². The van der Waals surface area contributed by atoms with E-state index in [1.807, 2.05) is 0 Å². The van der Waals surface area contributed by atoms with Gasteiger partial charge in [-0.05, 0) is 13.0 Å². The molecule has 0 aromatic carbocycles. The Morgan fingerprint density at radius 3 is 2.44 bits per heavy atom. The Morgan fingerprint density at radius 1 is 1.28 bits per heavy atom. The van der Waals surface area contributed by atoms with Crippen molar-refractivity contribution in [1.29, 1.82) is 0 Å². The molecule has 2 aliphatic rings. The number of methoxy groups -OCH3 is 2. The van der Waals surface area contributed by atoms with E-state index in [-0.39, 0.29) is 23.0 Å². The monoisotopic (exact) mass is 251 g/mol. The third kappa shape index (κ3) is 1.45. The molecule has 1 amide bonds. The Kier molecular flexibility index (Phi) is 2.73. The highest BCUT2D eigenvalue weighted by molar-refractivity contribution is 6.08. The zero-order chi connectivity index (χ0) is 13.5. The first-order valence-electron chi connectivity index (χ1n) is 5.37. The summed E-state index contributed by atoms with van der Waals surface area (Å²) in [5, 5.41) is 2.67. The fourth-order valence-electron chi connectivity index (χ4n) is 2.47. The number of esters is 2. The molecule has 0 radical (unpaired) electrons. The second-order valence-electron chi connectivity index (χ2n) is 4.30. The highest BCUT2D eigenvalue weighted by Crippen LogP contribution is 2.47. The van der Waals surface area contributed by atoms with Crippen LogP contribution in [-0.2, 0) is 23.9 Å². The van der Waals surface area contributed by atoms with E-state index in [4.69, 9.17) is 0 Å². The molecule has 2 rings (SSSR count). The smallest absolute Gasteiger partial charge is 0.336 e. The summed E-state index contributed by atoms with van der Waals surface area (Å²) in [5.74, 6) is -1.89. The second kappa shape index (κ2) is 3.97. The molecule has 0 spiro atoms. The van der Waals surface area contributed by atoms with E-state index in [0.29, 0.717) is 0 Å². The van der Waals surface area contributed by atoms with Gasteiger partial charge in [-0.25, -0.2) is 9.59 Å². The van der Waals surface area contributed by atoms with Crippen molar-refractivity contribution in [3.05, 3.63) is 23.3 Å². The van der Waals surface area contributed by atoms with Crippen LogP contribution in [0.2, 0.25) is 0 Å². The number of amides is 1. The van der Waals surface area contributed by atoms with Gasteiger partial charge in [-0.15, -0.1) is 0 Å². The van der Waals surface area contributed by atoms with Crippen LogP contribution in [0.15, 0.2) is 23.3 Å². The maximum Gasteiger partial charge on any atom is 0.336 e. The molecule has 1 heterocycles. The summed E-state index contributed by atoms with van der Waals surface area (Å²) in [4.78, 5) is 34.8. The van der Waals surface area contributed by atoms with Crippen molar-refractivity contribution in [2.45, 2.75) is 12.5 Å². The van der Waals surface area contributed by atoms with Gasteiger partial charge in [0, 0.05) is 5.92 Å². The number of carbonyl (C=O) groups excluding carboxylic acids is 3. The van der Waals surface area contributed by atoms with Crippen LogP contribution in [0, 0.1) is 5.92 Å². The van der Waals surface area contributed by atoms with Crippen molar-refractivity contribution in [2.75, 3.05) is 14.2 Å². The van der Waals surface area contributed by atoms with Gasteiger partial charge in [-0.3, -0.25) is 4.79 Å². The molecule has 0 bridgehead atoms. The minimum Gasteiger partial charge on any atom is -0.466 e. The van der Waals surface area contributed by atoms with Gasteiger partial charge < -0.3 is 14.8 Å². The van der Waals surface area contributed by atoms with Crippen LogP contribution in [0.3, 0.4) is 0 Å². The summed E-state index contributed by atoms with van der Waals surface area (Å²) in [6.45, 7) is 1.68. The van der Waals surface area contributed by atoms with Gasteiger partial charge in [0.05, 0.1) is 30.9 Å². The Labute approximate surface area is 104 Å². The van der Waals surface area contributed by atoms with Crippen molar-refractivity contribution in [3.63, 3.8) is 0 Å². The molecule has 18 heavy (non-hydrogen) atoms. The Hall–Kier alpha value is -2.11. The van der Waals surface area contributed by atoms with E-state index in [2.05, 4.69) is 14.8 Å². The lowest BCUT2D eigenvalue weighted by molar-refractivity contribution is -0.143. The van der Waals surface area contributed by atoms with Gasteiger partial charge in [0.1, 0.15) is 0 Å². The van der Waals surface area contributed by atoms with E-state index in [0.717, 1.165) is 0 Å². The molecule has 2 atom stereocenters. The highest BCUT2D eigenvalue weighted by Gasteiger charge is 2.57. The average molecular weight is 251 g/mol. The minimum atomic E-state index is -0.900. The molecule has 0 aromatic heterocycles. The number of ether oxygens (including phenoxy) is 2. The van der Waals surface area contributed by atoms with E-state index < -0.39 is 17.5 Å². The number of hydrogen-bond donors (Lipinski definition) is 1. The predicted octanol–water partition coefficient (Wildman–Crippen LogP) is -0.297. The lowest BCUT2D eigenvalue weighted by atomic mass is 9.61. The summed E-state index contributed by atoms with van der Waals surface area (Å²) >= 11 is 0. The fourth-order valence-corrected chi connectivity index (χ4v) is 2.47. The van der Waals surface area contributed by atoms with Crippen molar-refractivity contribution < 1.29 is 23.9 Å². The molecule has 6 heteroatoms. The van der Waals surface area contributed by atoms with Crippen molar-refractivity contribution in [1.82, 2.24) is 5.32 Å². The molecule has 0 saturated heterocycles. The molecule has 0 saturated carbocycles. The second-order valence-corrected chi connectivity index (χ2v) is 4.30. The van der Waals surface area contributed by atoms with E-state index in [1.165, 1.54) is 20.3 Å². The molecule has 96 valence electrons. The summed E-state index contributed by atoms with van der Waals surface area (Å²) in [7, 11) is 2.46. The van der Waals surface area contributed by atoms with Crippen LogP contribution in [-0.4, -0.2) is 37.6 Å². The van der Waals surface area contributed by atoms with Crippen LogP contribution in [0.5, 0.6) is 0 Å². The lowest BCUT2D eigenvalue weighted by Gasteiger charge is -2.48. The Bertz CT molecular complexity index is 505. The third-order valence-electron chi connectivity index (χ3n) is 3.34. The van der Waals surface area contributed by atoms with Crippen LogP contribution >= 0.6 is 0 Å². The quantitative estimate of drug-likeness (QED) is 0.682. The number of fused-ring (bicyclic) bond motifs is 1. The van der Waals surface area contributed by atoms with Crippen LogP contribution in [0.1, 0.15) is 6.92 Å². The van der Waals surface area contributed by atoms with E-state index >= 15 is 0 Å². The van der Waals surface area contributed by atoms with Crippen LogP contribution in [0.4, 0.5) is 0 Å². The molecule has 0 unspecified atom stereocenters. The largest absolute Gasteiger partial charge is 0.466 e. The number of nitrogens with one attached hydrogen (secondary N) is 1. The molecule has 1 aliphatic carbocycles. The molecule has 6 nitrogen and oxygen atoms in total. The number of carbonyl (C=O) groups is 3. The Morgan fingerprint density at radius 2 is 1.89 bits per heavy atom. The van der Waals surface area contributed by atoms with Gasteiger partial charge in [-0.2, -0.15) is 0 Å². The van der Waals surface area contributed by atoms with Crippen molar-refractivity contribution in [3.8, 4) is 0 Å². The molecule has 0 fully saturated rings. The standard InChI is InChI=1S/C12H13NO5/c1-12-6(4-5-7(14)13-12)8(10(15)17-2)9(12)11(16)18-3/h4-6H,1-3H3,(H,13,14)/t6-,12-/m0/s1. The normalized spacial score (nSPS) is 29.1. The first-order valence-corrected chi connectivity index (χ1v) is 5.37. The van der Waals surface area contributed by atoms with Crippen LogP contribution in [0.25, 0.3) is 0 Å². The summed E-state index contributed by atoms with van der Waals surface area (Å²) in [5.41, 5.74) is -0.509. The zero-order valence-corrected chi connectivity index (χ0v) is 10.3. The van der Waals surface area contributed by atoms with Gasteiger partial charge in [0.25, 0.3) is 0 Å². The maximum atomic E-state index is 11.7. The van der Waals surface area contributed by atoms with Crippen molar-refractivity contribution >= 4 is 17.8 Å². The fraction of sp³-hybridized carbons (Fsp3) is 0.417. The SMILES string of the molecule is COC(=O)C1=C(C(=O)OC)[C@@]2(C)NC(=O)C=C[C@@H]12.